The number of benzene rings is 1. The number of nitrogens with zero attached hydrogens (tertiary/aromatic N) is 2. The molecule has 28 heavy (non-hydrogen) atoms. The van der Waals surface area contributed by atoms with Crippen molar-refractivity contribution in [2.75, 3.05) is 20.6 Å². The second-order valence-corrected chi connectivity index (χ2v) is 6.12. The van der Waals surface area contributed by atoms with Crippen LogP contribution < -0.4 is 11.2 Å². The van der Waals surface area contributed by atoms with Crippen LogP contribution in [0.15, 0.2) is 27.8 Å². The largest absolute Gasteiger partial charge is 0.483 e. The molecule has 0 aliphatic rings. The Bertz CT molecular complexity index is 923. The highest BCUT2D eigenvalue weighted by atomic mass is 35.5. The van der Waals surface area contributed by atoms with Crippen molar-refractivity contribution in [3.63, 3.8) is 0 Å². The van der Waals surface area contributed by atoms with Crippen LogP contribution in [-0.2, 0) is 17.4 Å². The highest BCUT2D eigenvalue weighted by Gasteiger charge is 2.33. The minimum atomic E-state index is -4.90. The minimum absolute atomic E-state index is 0.0967. The molecule has 0 bridgehead atoms. The monoisotopic (exact) mass is 425 g/mol. The van der Waals surface area contributed by atoms with Crippen molar-refractivity contribution in [3.05, 3.63) is 61.1 Å². The molecular weight excluding hydrogens is 410 g/mol. The van der Waals surface area contributed by atoms with Gasteiger partial charge in [-0.25, -0.2) is 13.8 Å². The molecule has 0 atom stereocenters. The van der Waals surface area contributed by atoms with E-state index in [1.807, 2.05) is 19.0 Å². The van der Waals surface area contributed by atoms with Gasteiger partial charge in [-0.05, 0) is 38.2 Å². The van der Waals surface area contributed by atoms with Crippen LogP contribution in [0.4, 0.5) is 17.6 Å². The van der Waals surface area contributed by atoms with Crippen molar-refractivity contribution < 1.29 is 27.5 Å². The van der Waals surface area contributed by atoms with E-state index in [9.17, 15) is 27.2 Å². The fourth-order valence-corrected chi connectivity index (χ4v) is 2.41. The summed E-state index contributed by atoms with van der Waals surface area (Å²) in [5, 5.41) is 6.99. The molecule has 2 N–H and O–H groups in total. The van der Waals surface area contributed by atoms with Gasteiger partial charge in [-0.15, -0.1) is 0 Å². The summed E-state index contributed by atoms with van der Waals surface area (Å²) in [6.45, 7) is 0.309. The highest BCUT2D eigenvalue weighted by molar-refractivity contribution is 6.31. The second-order valence-electron chi connectivity index (χ2n) is 5.71. The van der Waals surface area contributed by atoms with E-state index in [1.165, 1.54) is 6.07 Å². The summed E-state index contributed by atoms with van der Waals surface area (Å²) in [7, 11) is 3.62. The van der Waals surface area contributed by atoms with Gasteiger partial charge in [-0.3, -0.25) is 9.59 Å². The van der Waals surface area contributed by atoms with Gasteiger partial charge < -0.3 is 15.0 Å². The van der Waals surface area contributed by atoms with Crippen LogP contribution in [0.3, 0.4) is 0 Å². The maximum atomic E-state index is 14.2. The van der Waals surface area contributed by atoms with Gasteiger partial charge in [0.25, 0.3) is 12.0 Å². The number of rotatable bonds is 4. The first-order valence-electron chi connectivity index (χ1n) is 7.56. The summed E-state index contributed by atoms with van der Waals surface area (Å²) in [5.41, 5.74) is -4.19. The molecule has 7 nitrogen and oxygen atoms in total. The number of alkyl halides is 3. The molecule has 0 saturated carbocycles. The summed E-state index contributed by atoms with van der Waals surface area (Å²) in [4.78, 5) is 35.6. The summed E-state index contributed by atoms with van der Waals surface area (Å²) < 4.78 is 52.4. The lowest BCUT2D eigenvalue weighted by molar-refractivity contribution is -0.141. The zero-order valence-corrected chi connectivity index (χ0v) is 15.4. The summed E-state index contributed by atoms with van der Waals surface area (Å²) >= 11 is 5.96. The average Bonchev–Trinajstić information content (AvgIpc) is 2.54. The number of aromatic amines is 1. The highest BCUT2D eigenvalue weighted by Crippen LogP contribution is 2.26. The molecule has 12 heteroatoms. The fraction of sp³-hybridized carbons (Fsp3) is 0.312. The van der Waals surface area contributed by atoms with Gasteiger partial charge in [0.1, 0.15) is 11.5 Å². The Hall–Kier alpha value is -2.66. The van der Waals surface area contributed by atoms with Crippen LogP contribution in [0.5, 0.6) is 0 Å². The Kier molecular flexibility index (Phi) is 7.94. The number of carbonyl (C=O) groups is 1. The van der Waals surface area contributed by atoms with Gasteiger partial charge >= 0.3 is 11.9 Å². The zero-order valence-electron chi connectivity index (χ0n) is 14.7. The van der Waals surface area contributed by atoms with E-state index in [0.29, 0.717) is 23.1 Å². The molecule has 0 amide bonds. The van der Waals surface area contributed by atoms with Gasteiger partial charge in [-0.1, -0.05) is 11.6 Å². The normalized spacial score (nSPS) is 11.1. The van der Waals surface area contributed by atoms with Crippen molar-refractivity contribution in [2.45, 2.75) is 12.6 Å². The van der Waals surface area contributed by atoms with E-state index in [4.69, 9.17) is 21.5 Å². The summed E-state index contributed by atoms with van der Waals surface area (Å²) in [6, 6.07) is 2.31. The third kappa shape index (κ3) is 5.92. The van der Waals surface area contributed by atoms with Gasteiger partial charge in [0.05, 0.1) is 5.69 Å². The number of halogens is 5. The molecular formula is C16H16ClF4N3O4. The lowest BCUT2D eigenvalue weighted by Gasteiger charge is -2.14. The van der Waals surface area contributed by atoms with Crippen LogP contribution in [0, 0.1) is 5.82 Å². The molecule has 2 rings (SSSR count). The molecule has 0 unspecified atom stereocenters. The first-order chi connectivity index (χ1) is 12.9. The van der Waals surface area contributed by atoms with Gasteiger partial charge in [0.15, 0.2) is 0 Å². The standard InChI is InChI=1S/C15H14ClF4N3O2.CH2O2/c1-22(2)4-3-8-5-11(10(17)6-9(8)16)23-13(24)7-12(15(18,19)20)21-14(23)25;2-1-3/h5-7H,3-4H2,1-2H3,(H,21,25);1H,(H,2,3). The molecule has 0 spiro atoms. The molecule has 1 heterocycles. The van der Waals surface area contributed by atoms with Crippen LogP contribution in [0.1, 0.15) is 11.3 Å². The van der Waals surface area contributed by atoms with Gasteiger partial charge in [-0.2, -0.15) is 13.2 Å². The third-order valence-corrected chi connectivity index (χ3v) is 3.78. The Morgan fingerprint density at radius 2 is 1.82 bits per heavy atom. The Morgan fingerprint density at radius 3 is 2.29 bits per heavy atom. The van der Waals surface area contributed by atoms with E-state index >= 15 is 0 Å². The SMILES string of the molecule is CN(C)CCc1cc(-n2c(=O)cc(C(F)(F)F)[nH]c2=O)c(F)cc1Cl.O=CO. The lowest BCUT2D eigenvalue weighted by atomic mass is 10.1. The van der Waals surface area contributed by atoms with Crippen molar-refractivity contribution in [1.29, 1.82) is 0 Å². The number of likely N-dealkylation sites (N-methyl/N-ethyl adjacent to an activating group) is 1. The van der Waals surface area contributed by atoms with Crippen molar-refractivity contribution in [2.24, 2.45) is 0 Å². The maximum absolute atomic E-state index is 14.2. The Labute approximate surface area is 160 Å². The number of hydrogen-bond acceptors (Lipinski definition) is 4. The molecule has 1 aromatic heterocycles. The van der Waals surface area contributed by atoms with E-state index < -0.39 is 34.6 Å². The molecule has 0 aliphatic carbocycles. The minimum Gasteiger partial charge on any atom is -0.483 e. The van der Waals surface area contributed by atoms with Crippen LogP contribution >= 0.6 is 11.6 Å². The lowest BCUT2D eigenvalue weighted by Crippen LogP contribution is -2.36. The smallest absolute Gasteiger partial charge is 0.431 e. The van der Waals surface area contributed by atoms with Gasteiger partial charge in [0.2, 0.25) is 0 Å². The van der Waals surface area contributed by atoms with Crippen LogP contribution in [-0.4, -0.2) is 46.7 Å². The number of aromatic nitrogens is 2. The molecule has 0 saturated heterocycles. The average molecular weight is 426 g/mol. The Morgan fingerprint density at radius 1 is 1.25 bits per heavy atom. The molecule has 0 radical (unpaired) electrons. The molecule has 0 aliphatic heterocycles. The van der Waals surface area contributed by atoms with Crippen LogP contribution in [0.2, 0.25) is 5.02 Å². The van der Waals surface area contributed by atoms with Crippen molar-refractivity contribution >= 4 is 18.1 Å². The summed E-state index contributed by atoms with van der Waals surface area (Å²) in [6.07, 6.45) is -4.50. The van der Waals surface area contributed by atoms with E-state index in [1.54, 1.807) is 4.98 Å². The van der Waals surface area contributed by atoms with Crippen molar-refractivity contribution in [3.8, 4) is 5.69 Å². The molecule has 2 aromatic rings. The third-order valence-electron chi connectivity index (χ3n) is 3.42. The Balaban J connectivity index is 0.00000122. The number of carboxylic acid groups (broad SMARTS) is 1. The molecule has 1 aromatic carbocycles. The van der Waals surface area contributed by atoms with Gasteiger partial charge in [0, 0.05) is 17.6 Å². The van der Waals surface area contributed by atoms with Crippen LogP contribution in [0.25, 0.3) is 5.69 Å². The molecule has 0 fully saturated rings. The number of nitrogens with one attached hydrogen (secondary N) is 1. The second kappa shape index (κ2) is 9.51. The number of H-pyrrole nitrogens is 1. The van der Waals surface area contributed by atoms with Crippen molar-refractivity contribution in [1.82, 2.24) is 14.5 Å². The first-order valence-corrected chi connectivity index (χ1v) is 7.94. The predicted octanol–water partition coefficient (Wildman–Crippen LogP) is 2.14. The fourth-order valence-electron chi connectivity index (χ4n) is 2.16. The van der Waals surface area contributed by atoms with E-state index in [-0.39, 0.29) is 17.6 Å². The number of hydrogen-bond donors (Lipinski definition) is 2. The molecule has 154 valence electrons. The summed E-state index contributed by atoms with van der Waals surface area (Å²) in [5.74, 6) is -0.994. The predicted molar refractivity (Wildman–Crippen MR) is 93.6 cm³/mol. The zero-order chi connectivity index (χ0) is 21.6. The topological polar surface area (TPSA) is 95.4 Å². The first kappa shape index (κ1) is 23.4. The van der Waals surface area contributed by atoms with E-state index in [0.717, 1.165) is 6.07 Å². The maximum Gasteiger partial charge on any atom is 0.431 e. The quantitative estimate of drug-likeness (QED) is 0.578. The van der Waals surface area contributed by atoms with E-state index in [2.05, 4.69) is 0 Å².